The van der Waals surface area contributed by atoms with Gasteiger partial charge in [0.25, 0.3) is 0 Å². The molecule has 90 valence electrons. The maximum atomic E-state index is 9.62. The van der Waals surface area contributed by atoms with E-state index in [-0.39, 0.29) is 4.75 Å². The maximum Gasteiger partial charge on any atom is 0.120 e. The summed E-state index contributed by atoms with van der Waals surface area (Å²) < 4.78 is 0.203. The third-order valence-corrected chi connectivity index (χ3v) is 3.94. The fourth-order valence-corrected chi connectivity index (χ4v) is 1.71. The van der Waals surface area contributed by atoms with Gasteiger partial charge < -0.3 is 10.4 Å². The first-order valence-electron chi connectivity index (χ1n) is 5.18. The van der Waals surface area contributed by atoms with Crippen LogP contribution >= 0.6 is 23.4 Å². The van der Waals surface area contributed by atoms with E-state index in [1.807, 2.05) is 11.8 Å². The molecule has 0 unspecified atom stereocenters. The quantitative estimate of drug-likeness (QED) is 0.851. The van der Waals surface area contributed by atoms with Gasteiger partial charge in [-0.15, -0.1) is 0 Å². The normalized spacial score (nSPS) is 11.8. The van der Waals surface area contributed by atoms with E-state index >= 15 is 0 Å². The molecule has 0 bridgehead atoms. The Morgan fingerprint density at radius 2 is 2.12 bits per heavy atom. The van der Waals surface area contributed by atoms with Crippen molar-refractivity contribution in [1.82, 2.24) is 5.32 Å². The summed E-state index contributed by atoms with van der Waals surface area (Å²) in [6, 6.07) is 5.10. The molecule has 0 fully saturated rings. The molecule has 0 saturated heterocycles. The Hall–Kier alpha value is -0.380. The number of aromatic hydroxyl groups is 1. The average molecular weight is 260 g/mol. The highest BCUT2D eigenvalue weighted by atomic mass is 35.5. The van der Waals surface area contributed by atoms with Gasteiger partial charge in [-0.05, 0) is 38.3 Å². The van der Waals surface area contributed by atoms with E-state index in [2.05, 4.69) is 25.4 Å². The van der Waals surface area contributed by atoms with Crippen molar-refractivity contribution in [2.24, 2.45) is 0 Å². The SMILES string of the molecule is CSC(C)(C)CNCc1cc(Cl)ccc1O. The van der Waals surface area contributed by atoms with E-state index in [9.17, 15) is 5.11 Å². The largest absolute Gasteiger partial charge is 0.508 e. The minimum atomic E-state index is 0.203. The highest BCUT2D eigenvalue weighted by Crippen LogP contribution is 2.22. The van der Waals surface area contributed by atoms with E-state index in [4.69, 9.17) is 11.6 Å². The van der Waals surface area contributed by atoms with Crippen LogP contribution in [0.25, 0.3) is 0 Å². The Bertz CT molecular complexity index is 355. The fraction of sp³-hybridized carbons (Fsp3) is 0.500. The van der Waals surface area contributed by atoms with Crippen molar-refractivity contribution in [3.63, 3.8) is 0 Å². The van der Waals surface area contributed by atoms with Crippen LogP contribution in [0.5, 0.6) is 5.75 Å². The molecule has 0 atom stereocenters. The molecule has 0 aliphatic heterocycles. The topological polar surface area (TPSA) is 32.3 Å². The summed E-state index contributed by atoms with van der Waals surface area (Å²) >= 11 is 7.69. The Morgan fingerprint density at radius 1 is 1.44 bits per heavy atom. The molecule has 4 heteroatoms. The number of nitrogens with one attached hydrogen (secondary N) is 1. The number of phenolic OH excluding ortho intramolecular Hbond substituents is 1. The molecule has 1 rings (SSSR count). The molecule has 0 spiro atoms. The van der Waals surface area contributed by atoms with Crippen molar-refractivity contribution in [3.05, 3.63) is 28.8 Å². The monoisotopic (exact) mass is 259 g/mol. The van der Waals surface area contributed by atoms with Gasteiger partial charge in [0.05, 0.1) is 0 Å². The summed E-state index contributed by atoms with van der Waals surface area (Å²) in [5, 5.41) is 13.6. The van der Waals surface area contributed by atoms with Gasteiger partial charge in [-0.25, -0.2) is 0 Å². The molecule has 2 nitrogen and oxygen atoms in total. The smallest absolute Gasteiger partial charge is 0.120 e. The van der Waals surface area contributed by atoms with Crippen molar-refractivity contribution >= 4 is 23.4 Å². The summed E-state index contributed by atoms with van der Waals surface area (Å²) in [6.45, 7) is 5.89. The third-order valence-electron chi connectivity index (χ3n) is 2.46. The first-order chi connectivity index (χ1) is 7.44. The second kappa shape index (κ2) is 5.80. The molecular formula is C12H18ClNOS. The molecule has 0 aliphatic rings. The van der Waals surface area contributed by atoms with E-state index in [1.54, 1.807) is 18.2 Å². The zero-order valence-electron chi connectivity index (χ0n) is 9.88. The van der Waals surface area contributed by atoms with Crippen molar-refractivity contribution in [3.8, 4) is 5.75 Å². The van der Waals surface area contributed by atoms with Crippen LogP contribution in [0, 0.1) is 0 Å². The molecule has 0 aromatic heterocycles. The number of hydrogen-bond donors (Lipinski definition) is 2. The summed E-state index contributed by atoms with van der Waals surface area (Å²) in [5.41, 5.74) is 0.837. The molecule has 0 aliphatic carbocycles. The zero-order chi connectivity index (χ0) is 12.2. The molecule has 0 heterocycles. The minimum absolute atomic E-state index is 0.203. The number of halogens is 1. The van der Waals surface area contributed by atoms with Crippen molar-refractivity contribution in [2.75, 3.05) is 12.8 Å². The minimum Gasteiger partial charge on any atom is -0.508 e. The Balaban J connectivity index is 2.52. The average Bonchev–Trinajstić information content (AvgIpc) is 2.23. The van der Waals surface area contributed by atoms with Gasteiger partial charge in [-0.3, -0.25) is 0 Å². The van der Waals surface area contributed by atoms with Crippen LogP contribution in [-0.4, -0.2) is 22.7 Å². The van der Waals surface area contributed by atoms with Crippen molar-refractivity contribution in [1.29, 1.82) is 0 Å². The van der Waals surface area contributed by atoms with Gasteiger partial charge in [0.2, 0.25) is 0 Å². The van der Waals surface area contributed by atoms with Gasteiger partial charge in [0.1, 0.15) is 5.75 Å². The summed E-state index contributed by atoms with van der Waals surface area (Å²) in [7, 11) is 0. The third kappa shape index (κ3) is 4.24. The zero-order valence-corrected chi connectivity index (χ0v) is 11.5. The number of phenols is 1. The molecule has 16 heavy (non-hydrogen) atoms. The lowest BCUT2D eigenvalue weighted by molar-refractivity contribution is 0.463. The van der Waals surface area contributed by atoms with Gasteiger partial charge in [-0.2, -0.15) is 11.8 Å². The number of benzene rings is 1. The van der Waals surface area contributed by atoms with Crippen LogP contribution in [0.1, 0.15) is 19.4 Å². The summed E-state index contributed by atoms with van der Waals surface area (Å²) in [5.74, 6) is 0.291. The molecule has 2 N–H and O–H groups in total. The summed E-state index contributed by atoms with van der Waals surface area (Å²) in [6.07, 6.45) is 2.10. The molecular weight excluding hydrogens is 242 g/mol. The van der Waals surface area contributed by atoms with Crippen LogP contribution in [-0.2, 0) is 6.54 Å². The first-order valence-corrected chi connectivity index (χ1v) is 6.78. The maximum absolute atomic E-state index is 9.62. The van der Waals surface area contributed by atoms with Crippen molar-refractivity contribution < 1.29 is 5.11 Å². The van der Waals surface area contributed by atoms with Crippen LogP contribution in [0.3, 0.4) is 0 Å². The van der Waals surface area contributed by atoms with E-state index in [0.29, 0.717) is 17.3 Å². The van der Waals surface area contributed by atoms with Gasteiger partial charge in [0, 0.05) is 28.4 Å². The number of rotatable bonds is 5. The predicted octanol–water partition coefficient (Wildman–Crippen LogP) is 3.28. The van der Waals surface area contributed by atoms with Gasteiger partial charge in [-0.1, -0.05) is 11.6 Å². The van der Waals surface area contributed by atoms with Crippen molar-refractivity contribution in [2.45, 2.75) is 25.1 Å². The van der Waals surface area contributed by atoms with Crippen LogP contribution in [0.2, 0.25) is 5.02 Å². The van der Waals surface area contributed by atoms with Crippen LogP contribution < -0.4 is 5.32 Å². The molecule has 1 aromatic rings. The van der Waals surface area contributed by atoms with Gasteiger partial charge in [0.15, 0.2) is 0 Å². The number of thioether (sulfide) groups is 1. The lowest BCUT2D eigenvalue weighted by Crippen LogP contribution is -2.31. The second-order valence-corrected chi connectivity index (χ2v) is 6.29. The summed E-state index contributed by atoms with van der Waals surface area (Å²) in [4.78, 5) is 0. The Kier molecular flexibility index (Phi) is 4.96. The van der Waals surface area contributed by atoms with E-state index < -0.39 is 0 Å². The second-order valence-electron chi connectivity index (χ2n) is 4.34. The molecule has 1 aromatic carbocycles. The Labute approximate surface area is 106 Å². The highest BCUT2D eigenvalue weighted by molar-refractivity contribution is 7.99. The van der Waals surface area contributed by atoms with Gasteiger partial charge >= 0.3 is 0 Å². The molecule has 0 amide bonds. The molecule has 0 saturated carbocycles. The van der Waals surface area contributed by atoms with Crippen LogP contribution in [0.4, 0.5) is 0 Å². The Morgan fingerprint density at radius 3 is 2.75 bits per heavy atom. The standard InChI is InChI=1S/C12H18ClNOS/c1-12(2,16-3)8-14-7-9-6-10(13)4-5-11(9)15/h4-6,14-15H,7-8H2,1-3H3. The number of hydrogen-bond acceptors (Lipinski definition) is 3. The fourth-order valence-electron chi connectivity index (χ4n) is 1.27. The lowest BCUT2D eigenvalue weighted by Gasteiger charge is -2.22. The van der Waals surface area contributed by atoms with E-state index in [0.717, 1.165) is 12.1 Å². The van der Waals surface area contributed by atoms with Crippen LogP contribution in [0.15, 0.2) is 18.2 Å². The molecule has 0 radical (unpaired) electrons. The lowest BCUT2D eigenvalue weighted by atomic mass is 10.1. The highest BCUT2D eigenvalue weighted by Gasteiger charge is 2.15. The van der Waals surface area contributed by atoms with E-state index in [1.165, 1.54) is 0 Å². The first kappa shape index (κ1) is 13.7. The predicted molar refractivity (Wildman–Crippen MR) is 72.4 cm³/mol.